The Labute approximate surface area is 128 Å². The summed E-state index contributed by atoms with van der Waals surface area (Å²) in [6.45, 7) is 6.72. The molecule has 1 unspecified atom stereocenters. The Kier molecular flexibility index (Phi) is 5.27. The zero-order valence-corrected chi connectivity index (χ0v) is 14.0. The van der Waals surface area contributed by atoms with Crippen molar-refractivity contribution in [1.82, 2.24) is 5.32 Å². The summed E-state index contributed by atoms with van der Waals surface area (Å²) >= 11 is 0. The average molecular weight is 310 g/mol. The van der Waals surface area contributed by atoms with Gasteiger partial charge < -0.3 is 10.2 Å². The van der Waals surface area contributed by atoms with Crippen LogP contribution >= 0.6 is 0 Å². The molecule has 1 aliphatic heterocycles. The maximum absolute atomic E-state index is 11.5. The summed E-state index contributed by atoms with van der Waals surface area (Å²) in [6.07, 6.45) is 2.41. The molecule has 0 amide bonds. The van der Waals surface area contributed by atoms with Crippen molar-refractivity contribution in [2.24, 2.45) is 5.92 Å². The molecule has 1 aromatic carbocycles. The lowest BCUT2D eigenvalue weighted by Gasteiger charge is -2.28. The molecule has 0 aromatic heterocycles. The van der Waals surface area contributed by atoms with E-state index in [1.54, 1.807) is 0 Å². The maximum Gasteiger partial charge on any atom is 0.149 e. The number of sulfone groups is 1. The number of hydrogen-bond donors (Lipinski definition) is 1. The second kappa shape index (κ2) is 6.79. The van der Waals surface area contributed by atoms with Gasteiger partial charge in [0.2, 0.25) is 0 Å². The standard InChI is InChI=1S/C16H26N2O2S/c1-13(2)10-15-12-18(8-9-21(3,19)20)16-7-5-4-6-14(16)11-17-15/h4-7,13,15,17H,8-12H2,1-3H3. The molecule has 5 heteroatoms. The second-order valence-corrected chi connectivity index (χ2v) is 8.67. The van der Waals surface area contributed by atoms with Gasteiger partial charge in [-0.2, -0.15) is 0 Å². The highest BCUT2D eigenvalue weighted by molar-refractivity contribution is 7.90. The van der Waals surface area contributed by atoms with Gasteiger partial charge in [0.25, 0.3) is 0 Å². The molecule has 21 heavy (non-hydrogen) atoms. The first-order valence-corrected chi connectivity index (χ1v) is 9.65. The van der Waals surface area contributed by atoms with E-state index in [1.807, 2.05) is 12.1 Å². The van der Waals surface area contributed by atoms with E-state index in [9.17, 15) is 8.42 Å². The number of para-hydroxylation sites is 1. The highest BCUT2D eigenvalue weighted by atomic mass is 32.2. The third-order valence-corrected chi connectivity index (χ3v) is 4.77. The summed E-state index contributed by atoms with van der Waals surface area (Å²) in [4.78, 5) is 2.23. The van der Waals surface area contributed by atoms with Crippen molar-refractivity contribution in [3.8, 4) is 0 Å². The molecule has 0 radical (unpaired) electrons. The lowest BCUT2D eigenvalue weighted by molar-refractivity contribution is 0.423. The fourth-order valence-electron chi connectivity index (χ4n) is 2.87. The van der Waals surface area contributed by atoms with Gasteiger partial charge in [0.1, 0.15) is 9.84 Å². The molecule has 0 aliphatic carbocycles. The van der Waals surface area contributed by atoms with Gasteiger partial charge in [-0.15, -0.1) is 0 Å². The maximum atomic E-state index is 11.5. The Bertz CT molecular complexity index is 569. The summed E-state index contributed by atoms with van der Waals surface area (Å²) in [7, 11) is -2.94. The van der Waals surface area contributed by atoms with Gasteiger partial charge in [0.15, 0.2) is 0 Å². The van der Waals surface area contributed by atoms with E-state index in [0.717, 1.165) is 19.5 Å². The van der Waals surface area contributed by atoms with Crippen LogP contribution in [0.3, 0.4) is 0 Å². The van der Waals surface area contributed by atoms with Crippen LogP contribution in [0.5, 0.6) is 0 Å². The monoisotopic (exact) mass is 310 g/mol. The molecule has 2 rings (SSSR count). The smallest absolute Gasteiger partial charge is 0.149 e. The van der Waals surface area contributed by atoms with E-state index in [0.29, 0.717) is 18.5 Å². The largest absolute Gasteiger partial charge is 0.369 e. The molecule has 0 spiro atoms. The Morgan fingerprint density at radius 3 is 2.71 bits per heavy atom. The molecule has 0 saturated heterocycles. The number of hydrogen-bond acceptors (Lipinski definition) is 4. The molecule has 1 aliphatic rings. The summed E-state index contributed by atoms with van der Waals surface area (Å²) < 4.78 is 23.0. The lowest BCUT2D eigenvalue weighted by Crippen LogP contribution is -2.40. The molecule has 1 N–H and O–H groups in total. The van der Waals surface area contributed by atoms with Crippen LogP contribution in [0.25, 0.3) is 0 Å². The molecule has 1 heterocycles. The number of anilines is 1. The minimum absolute atomic E-state index is 0.204. The SMILES string of the molecule is CC(C)CC1CN(CCS(C)(=O)=O)c2ccccc2CN1. The number of nitrogens with one attached hydrogen (secondary N) is 1. The van der Waals surface area contributed by atoms with Gasteiger partial charge in [0.05, 0.1) is 5.75 Å². The Morgan fingerprint density at radius 2 is 2.05 bits per heavy atom. The number of nitrogens with zero attached hydrogens (tertiary/aromatic N) is 1. The van der Waals surface area contributed by atoms with Gasteiger partial charge in [0, 0.05) is 37.6 Å². The van der Waals surface area contributed by atoms with Crippen LogP contribution in [-0.4, -0.2) is 39.6 Å². The molecular weight excluding hydrogens is 284 g/mol. The highest BCUT2D eigenvalue weighted by Crippen LogP contribution is 2.24. The van der Waals surface area contributed by atoms with Gasteiger partial charge in [-0.3, -0.25) is 0 Å². The second-order valence-electron chi connectivity index (χ2n) is 6.41. The zero-order chi connectivity index (χ0) is 15.5. The third kappa shape index (κ3) is 5.00. The van der Waals surface area contributed by atoms with Crippen LogP contribution in [0, 0.1) is 5.92 Å². The Balaban J connectivity index is 2.19. The zero-order valence-electron chi connectivity index (χ0n) is 13.2. The minimum Gasteiger partial charge on any atom is -0.369 e. The number of fused-ring (bicyclic) bond motifs is 1. The summed E-state index contributed by atoms with van der Waals surface area (Å²) in [5, 5.41) is 3.61. The summed E-state index contributed by atoms with van der Waals surface area (Å²) in [5.74, 6) is 0.830. The van der Waals surface area contributed by atoms with Gasteiger partial charge >= 0.3 is 0 Å². The molecule has 118 valence electrons. The van der Waals surface area contributed by atoms with E-state index in [4.69, 9.17) is 0 Å². The number of rotatable bonds is 5. The fraction of sp³-hybridized carbons (Fsp3) is 0.625. The molecular formula is C16H26N2O2S. The van der Waals surface area contributed by atoms with E-state index in [1.165, 1.54) is 17.5 Å². The van der Waals surface area contributed by atoms with Crippen LogP contribution < -0.4 is 10.2 Å². The van der Waals surface area contributed by atoms with Gasteiger partial charge in [-0.05, 0) is 24.0 Å². The lowest BCUT2D eigenvalue weighted by atomic mass is 10.0. The normalized spacial score (nSPS) is 19.4. The minimum atomic E-state index is -2.94. The number of benzene rings is 1. The predicted octanol–water partition coefficient (Wildman–Crippen LogP) is 2.06. The van der Waals surface area contributed by atoms with Crippen molar-refractivity contribution in [2.75, 3.05) is 30.0 Å². The van der Waals surface area contributed by atoms with E-state index in [-0.39, 0.29) is 5.75 Å². The van der Waals surface area contributed by atoms with E-state index < -0.39 is 9.84 Å². The molecule has 4 nitrogen and oxygen atoms in total. The fourth-order valence-corrected chi connectivity index (χ4v) is 3.42. The first-order chi connectivity index (χ1) is 9.85. The van der Waals surface area contributed by atoms with Crippen molar-refractivity contribution in [3.05, 3.63) is 29.8 Å². The quantitative estimate of drug-likeness (QED) is 0.904. The molecule has 0 saturated carbocycles. The topological polar surface area (TPSA) is 49.4 Å². The van der Waals surface area contributed by atoms with Crippen molar-refractivity contribution in [3.63, 3.8) is 0 Å². The Hall–Kier alpha value is -1.07. The Morgan fingerprint density at radius 1 is 1.33 bits per heavy atom. The van der Waals surface area contributed by atoms with Crippen molar-refractivity contribution < 1.29 is 8.42 Å². The first kappa shape index (κ1) is 16.3. The van der Waals surface area contributed by atoms with Crippen molar-refractivity contribution in [1.29, 1.82) is 0 Å². The van der Waals surface area contributed by atoms with Gasteiger partial charge in [-0.1, -0.05) is 32.0 Å². The van der Waals surface area contributed by atoms with Crippen molar-refractivity contribution >= 4 is 15.5 Å². The first-order valence-electron chi connectivity index (χ1n) is 7.59. The molecule has 1 atom stereocenters. The summed E-state index contributed by atoms with van der Waals surface area (Å²) in [5.41, 5.74) is 2.41. The summed E-state index contributed by atoms with van der Waals surface area (Å²) in [6, 6.07) is 8.68. The van der Waals surface area contributed by atoms with Crippen LogP contribution in [0.15, 0.2) is 24.3 Å². The highest BCUT2D eigenvalue weighted by Gasteiger charge is 2.22. The van der Waals surface area contributed by atoms with Crippen LogP contribution in [0.2, 0.25) is 0 Å². The predicted molar refractivity (Wildman–Crippen MR) is 88.4 cm³/mol. The van der Waals surface area contributed by atoms with E-state index in [2.05, 4.69) is 36.2 Å². The third-order valence-electron chi connectivity index (χ3n) is 3.84. The van der Waals surface area contributed by atoms with Crippen LogP contribution in [0.4, 0.5) is 5.69 Å². The van der Waals surface area contributed by atoms with Crippen LogP contribution in [0.1, 0.15) is 25.8 Å². The molecule has 0 fully saturated rings. The van der Waals surface area contributed by atoms with Crippen LogP contribution in [-0.2, 0) is 16.4 Å². The average Bonchev–Trinajstić information content (AvgIpc) is 2.55. The molecule has 0 bridgehead atoms. The van der Waals surface area contributed by atoms with Gasteiger partial charge in [-0.25, -0.2) is 8.42 Å². The molecule has 1 aromatic rings. The van der Waals surface area contributed by atoms with E-state index >= 15 is 0 Å². The van der Waals surface area contributed by atoms with Crippen molar-refractivity contribution in [2.45, 2.75) is 32.9 Å².